The highest BCUT2D eigenvalue weighted by atomic mass is 79.9. The summed E-state index contributed by atoms with van der Waals surface area (Å²) < 4.78 is 19.8. The van der Waals surface area contributed by atoms with Gasteiger partial charge in [-0.25, -0.2) is 9.29 Å². The lowest BCUT2D eigenvalue weighted by Gasteiger charge is -2.19. The van der Waals surface area contributed by atoms with Gasteiger partial charge in [0.2, 0.25) is 11.7 Å². The Kier molecular flexibility index (Phi) is 4.39. The van der Waals surface area contributed by atoms with E-state index in [0.717, 1.165) is 21.0 Å². The molecule has 30 heavy (non-hydrogen) atoms. The molecule has 0 saturated carbocycles. The number of fused-ring (bicyclic) bond motifs is 1. The molecule has 11 heteroatoms. The summed E-state index contributed by atoms with van der Waals surface area (Å²) >= 11 is 3.37. The molecule has 3 heterocycles. The molecule has 2 aliphatic heterocycles. The first-order valence-corrected chi connectivity index (χ1v) is 9.70. The monoisotopic (exact) mass is 470 g/mol. The third-order valence-corrected chi connectivity index (χ3v) is 5.32. The number of aromatic nitrogens is 2. The van der Waals surface area contributed by atoms with Crippen LogP contribution in [0.5, 0.6) is 0 Å². The molecule has 1 fully saturated rings. The van der Waals surface area contributed by atoms with E-state index in [1.54, 1.807) is 0 Å². The van der Waals surface area contributed by atoms with Crippen LogP contribution < -0.4 is 4.90 Å². The number of benzene rings is 2. The maximum absolute atomic E-state index is 13.6. The summed E-state index contributed by atoms with van der Waals surface area (Å²) in [7, 11) is 0. The summed E-state index contributed by atoms with van der Waals surface area (Å²) in [5.41, 5.74) is 0.920. The Hall–Kier alpha value is -3.47. The average Bonchev–Trinajstić information content (AvgIpc) is 3.41. The van der Waals surface area contributed by atoms with Crippen molar-refractivity contribution in [3.8, 4) is 11.4 Å². The highest BCUT2D eigenvalue weighted by Crippen LogP contribution is 2.33. The highest BCUT2D eigenvalue weighted by Gasteiger charge is 2.55. The predicted octanol–water partition coefficient (Wildman–Crippen LogP) is 3.13. The molecule has 2 aromatic carbocycles. The van der Waals surface area contributed by atoms with Crippen molar-refractivity contribution in [3.05, 3.63) is 64.7 Å². The summed E-state index contributed by atoms with van der Waals surface area (Å²) in [6.07, 6.45) is 0. The third kappa shape index (κ3) is 3.07. The highest BCUT2D eigenvalue weighted by molar-refractivity contribution is 9.10. The summed E-state index contributed by atoms with van der Waals surface area (Å²) in [6, 6.07) is 10.7. The van der Waals surface area contributed by atoms with Gasteiger partial charge in [0.1, 0.15) is 12.4 Å². The molecule has 150 valence electrons. The van der Waals surface area contributed by atoms with Gasteiger partial charge in [-0.15, -0.1) is 0 Å². The van der Waals surface area contributed by atoms with Gasteiger partial charge in [0.05, 0.1) is 5.69 Å². The van der Waals surface area contributed by atoms with Gasteiger partial charge in [0, 0.05) is 10.0 Å². The molecule has 1 saturated heterocycles. The van der Waals surface area contributed by atoms with Crippen molar-refractivity contribution in [2.24, 2.45) is 10.3 Å². The molecule has 2 amide bonds. The lowest BCUT2D eigenvalue weighted by Crippen LogP contribution is -2.39. The number of anilines is 1. The van der Waals surface area contributed by atoms with Crippen LogP contribution in [0.2, 0.25) is 0 Å². The smallest absolute Gasteiger partial charge is 0.263 e. The van der Waals surface area contributed by atoms with E-state index in [1.807, 2.05) is 24.3 Å². The van der Waals surface area contributed by atoms with Crippen LogP contribution in [-0.4, -0.2) is 39.0 Å². The van der Waals surface area contributed by atoms with Crippen molar-refractivity contribution < 1.29 is 18.5 Å². The van der Waals surface area contributed by atoms with Crippen molar-refractivity contribution in [3.63, 3.8) is 0 Å². The quantitative estimate of drug-likeness (QED) is 0.542. The molecular formula is C19H12BrFN6O3. The van der Waals surface area contributed by atoms with Crippen LogP contribution in [0, 0.1) is 5.82 Å². The number of nitrogens with zero attached hydrogens (tertiary/aromatic N) is 6. The molecule has 0 bridgehead atoms. The van der Waals surface area contributed by atoms with E-state index >= 15 is 0 Å². The summed E-state index contributed by atoms with van der Waals surface area (Å²) in [4.78, 5) is 30.8. The molecule has 5 rings (SSSR count). The minimum atomic E-state index is -0.991. The van der Waals surface area contributed by atoms with Gasteiger partial charge in [-0.05, 0) is 42.5 Å². The maximum atomic E-state index is 13.6. The molecule has 9 nitrogen and oxygen atoms in total. The number of rotatable bonds is 4. The van der Waals surface area contributed by atoms with E-state index in [4.69, 9.17) is 4.52 Å². The Morgan fingerprint density at radius 2 is 1.90 bits per heavy atom. The average molecular weight is 471 g/mol. The Bertz CT molecular complexity index is 1180. The zero-order chi connectivity index (χ0) is 20.8. The number of carbonyl (C=O) groups is 2. The predicted molar refractivity (Wildman–Crippen MR) is 104 cm³/mol. The van der Waals surface area contributed by atoms with Gasteiger partial charge in [0.25, 0.3) is 11.8 Å². The van der Waals surface area contributed by atoms with E-state index in [0.29, 0.717) is 5.82 Å². The van der Waals surface area contributed by atoms with Crippen molar-refractivity contribution in [2.75, 3.05) is 4.90 Å². The molecule has 0 N–H and O–H groups in total. The first-order valence-electron chi connectivity index (χ1n) is 8.90. The van der Waals surface area contributed by atoms with Gasteiger partial charge < -0.3 is 4.52 Å². The lowest BCUT2D eigenvalue weighted by atomic mass is 10.1. The SMILES string of the molecule is O=C1C2N=NN(Cc3nc(-c4ccc(Br)cc4)no3)C2C(=O)N1c1cccc(F)c1. The largest absolute Gasteiger partial charge is 0.337 e. The zero-order valence-corrected chi connectivity index (χ0v) is 16.7. The molecule has 1 aromatic heterocycles. The minimum Gasteiger partial charge on any atom is -0.337 e. The summed E-state index contributed by atoms with van der Waals surface area (Å²) in [6.45, 7) is 0.00417. The second kappa shape index (κ2) is 7.10. The van der Waals surface area contributed by atoms with E-state index in [1.165, 1.54) is 23.2 Å². The Morgan fingerprint density at radius 3 is 2.67 bits per heavy atom. The fourth-order valence-electron chi connectivity index (χ4n) is 3.40. The number of carbonyl (C=O) groups excluding carboxylic acids is 2. The van der Waals surface area contributed by atoms with E-state index in [-0.39, 0.29) is 18.1 Å². The van der Waals surface area contributed by atoms with E-state index in [2.05, 4.69) is 36.4 Å². The fourth-order valence-corrected chi connectivity index (χ4v) is 3.66. The van der Waals surface area contributed by atoms with E-state index in [9.17, 15) is 14.0 Å². The number of hydrogen-bond donors (Lipinski definition) is 0. The normalized spacial score (nSPS) is 20.3. The first kappa shape index (κ1) is 18.6. The van der Waals surface area contributed by atoms with Crippen molar-refractivity contribution in [2.45, 2.75) is 18.6 Å². The second-order valence-corrected chi connectivity index (χ2v) is 7.62. The molecule has 2 atom stereocenters. The van der Waals surface area contributed by atoms with Gasteiger partial charge in [-0.3, -0.25) is 14.6 Å². The number of hydrogen-bond acceptors (Lipinski definition) is 8. The fraction of sp³-hybridized carbons (Fsp3) is 0.158. The Balaban J connectivity index is 1.36. The van der Waals surface area contributed by atoms with Crippen LogP contribution in [0.15, 0.2) is 67.9 Å². The minimum absolute atomic E-state index is 0.00417. The van der Waals surface area contributed by atoms with Gasteiger partial charge in [-0.1, -0.05) is 32.4 Å². The van der Waals surface area contributed by atoms with Crippen LogP contribution in [-0.2, 0) is 16.1 Å². The topological polar surface area (TPSA) is 104 Å². The summed E-state index contributed by atoms with van der Waals surface area (Å²) in [5.74, 6) is -1.02. The van der Waals surface area contributed by atoms with Crippen LogP contribution in [0.4, 0.5) is 10.1 Å². The number of imide groups is 1. The third-order valence-electron chi connectivity index (χ3n) is 4.79. The molecule has 2 unspecified atom stereocenters. The second-order valence-electron chi connectivity index (χ2n) is 6.70. The molecule has 0 aliphatic carbocycles. The van der Waals surface area contributed by atoms with Crippen LogP contribution in [0.25, 0.3) is 11.4 Å². The zero-order valence-electron chi connectivity index (χ0n) is 15.1. The molecule has 3 aromatic rings. The van der Waals surface area contributed by atoms with Crippen molar-refractivity contribution in [1.82, 2.24) is 15.1 Å². The molecule has 0 spiro atoms. The van der Waals surface area contributed by atoms with Crippen molar-refractivity contribution >= 4 is 33.4 Å². The standard InChI is InChI=1S/C19H12BrFN6O3/c20-11-6-4-10(5-7-11)17-22-14(30-24-17)9-26-16-15(23-25-26)18(28)27(19(16)29)13-3-1-2-12(21)8-13/h1-8,15-16H,9H2. The first-order chi connectivity index (χ1) is 14.5. The Morgan fingerprint density at radius 1 is 1.10 bits per heavy atom. The van der Waals surface area contributed by atoms with E-state index < -0.39 is 29.7 Å². The number of halogens is 2. The summed E-state index contributed by atoms with van der Waals surface area (Å²) in [5, 5.41) is 13.1. The molecular weight excluding hydrogens is 459 g/mol. The number of amides is 2. The maximum Gasteiger partial charge on any atom is 0.263 e. The van der Waals surface area contributed by atoms with Gasteiger partial charge >= 0.3 is 0 Å². The molecule has 2 aliphatic rings. The van der Waals surface area contributed by atoms with Gasteiger partial charge in [-0.2, -0.15) is 10.1 Å². The van der Waals surface area contributed by atoms with Crippen LogP contribution >= 0.6 is 15.9 Å². The Labute approximate surface area is 177 Å². The van der Waals surface area contributed by atoms with Crippen LogP contribution in [0.1, 0.15) is 5.89 Å². The molecule has 0 radical (unpaired) electrons. The van der Waals surface area contributed by atoms with Crippen LogP contribution in [0.3, 0.4) is 0 Å². The lowest BCUT2D eigenvalue weighted by molar-refractivity contribution is -0.123. The van der Waals surface area contributed by atoms with Crippen molar-refractivity contribution in [1.29, 1.82) is 0 Å². The van der Waals surface area contributed by atoms with Gasteiger partial charge in [0.15, 0.2) is 12.1 Å².